The molecule has 0 aliphatic carbocycles. The SMILES string of the molecule is CC[CH]COn1c(CCCC)nc2c(N)nc3ccccc3c21. The van der Waals surface area contributed by atoms with Crippen LogP contribution in [0, 0.1) is 6.42 Å². The number of hydrogen-bond acceptors (Lipinski definition) is 4. The van der Waals surface area contributed by atoms with E-state index in [-0.39, 0.29) is 0 Å². The molecule has 0 aliphatic heterocycles. The Morgan fingerprint density at radius 2 is 2.04 bits per heavy atom. The quantitative estimate of drug-likeness (QED) is 0.678. The molecule has 0 saturated carbocycles. The van der Waals surface area contributed by atoms with E-state index in [1.54, 1.807) is 0 Å². The number of para-hydroxylation sites is 1. The third-order valence-electron chi connectivity index (χ3n) is 3.91. The third kappa shape index (κ3) is 2.96. The molecule has 0 unspecified atom stereocenters. The number of unbranched alkanes of at least 4 members (excludes halogenated alkanes) is 2. The molecule has 0 aliphatic rings. The number of pyridine rings is 1. The molecule has 5 heteroatoms. The van der Waals surface area contributed by atoms with Gasteiger partial charge in [-0.05, 0) is 18.9 Å². The minimum absolute atomic E-state index is 0.457. The van der Waals surface area contributed by atoms with Gasteiger partial charge in [0.15, 0.2) is 5.82 Å². The van der Waals surface area contributed by atoms with E-state index in [9.17, 15) is 0 Å². The molecule has 0 fully saturated rings. The minimum Gasteiger partial charge on any atom is -0.412 e. The Morgan fingerprint density at radius 1 is 1.22 bits per heavy atom. The predicted molar refractivity (Wildman–Crippen MR) is 94.1 cm³/mol. The van der Waals surface area contributed by atoms with Crippen LogP contribution in [-0.2, 0) is 6.42 Å². The van der Waals surface area contributed by atoms with Gasteiger partial charge in [0.25, 0.3) is 0 Å². The van der Waals surface area contributed by atoms with Crippen LogP contribution in [0.15, 0.2) is 24.3 Å². The van der Waals surface area contributed by atoms with Gasteiger partial charge in [-0.3, -0.25) is 0 Å². The smallest absolute Gasteiger partial charge is 0.152 e. The normalized spacial score (nSPS) is 11.4. The van der Waals surface area contributed by atoms with Gasteiger partial charge in [0, 0.05) is 18.2 Å². The molecule has 0 saturated heterocycles. The van der Waals surface area contributed by atoms with Crippen molar-refractivity contribution in [2.75, 3.05) is 12.3 Å². The van der Waals surface area contributed by atoms with E-state index in [0.717, 1.165) is 53.4 Å². The average molecular weight is 311 g/mol. The first kappa shape index (κ1) is 15.6. The van der Waals surface area contributed by atoms with Gasteiger partial charge >= 0.3 is 0 Å². The molecule has 2 heterocycles. The number of fused-ring (bicyclic) bond motifs is 3. The maximum absolute atomic E-state index is 6.14. The van der Waals surface area contributed by atoms with E-state index in [1.165, 1.54) is 0 Å². The highest BCUT2D eigenvalue weighted by atomic mass is 16.7. The van der Waals surface area contributed by atoms with E-state index >= 15 is 0 Å². The number of aromatic nitrogens is 3. The topological polar surface area (TPSA) is 66.0 Å². The Hall–Kier alpha value is -2.30. The van der Waals surface area contributed by atoms with Crippen LogP contribution in [0.3, 0.4) is 0 Å². The Kier molecular flexibility index (Phi) is 4.65. The number of anilines is 1. The van der Waals surface area contributed by atoms with Crippen LogP contribution in [0.2, 0.25) is 0 Å². The fourth-order valence-electron chi connectivity index (χ4n) is 2.70. The number of nitrogens with zero attached hydrogens (tertiary/aromatic N) is 3. The molecule has 5 nitrogen and oxygen atoms in total. The second-order valence-electron chi connectivity index (χ2n) is 5.63. The first-order valence-corrected chi connectivity index (χ1v) is 8.26. The highest BCUT2D eigenvalue weighted by Gasteiger charge is 2.18. The number of benzene rings is 1. The molecule has 3 aromatic rings. The molecular weight excluding hydrogens is 288 g/mol. The Labute approximate surface area is 136 Å². The van der Waals surface area contributed by atoms with Gasteiger partial charge in [0.05, 0.1) is 5.52 Å². The molecule has 23 heavy (non-hydrogen) atoms. The van der Waals surface area contributed by atoms with Crippen LogP contribution in [-0.4, -0.2) is 21.3 Å². The molecule has 2 N–H and O–H groups in total. The molecule has 0 spiro atoms. The van der Waals surface area contributed by atoms with Crippen LogP contribution in [0.4, 0.5) is 5.82 Å². The van der Waals surface area contributed by atoms with Crippen LogP contribution in [0.25, 0.3) is 21.9 Å². The molecule has 1 radical (unpaired) electrons. The standard InChI is InChI=1S/C18H23N4O/c1-3-5-11-15-21-16-17(22(15)23-12-6-4-2)13-9-7-8-10-14(13)20-18(16)19/h6-10H,3-5,11-12H2,1-2H3,(H2,19,20). The van der Waals surface area contributed by atoms with Crippen molar-refractivity contribution in [1.29, 1.82) is 0 Å². The summed E-state index contributed by atoms with van der Waals surface area (Å²) >= 11 is 0. The minimum atomic E-state index is 0.457. The van der Waals surface area contributed by atoms with E-state index in [4.69, 9.17) is 15.6 Å². The van der Waals surface area contributed by atoms with Gasteiger partial charge in [0.1, 0.15) is 23.5 Å². The molecular formula is C18H23N4O. The molecule has 0 atom stereocenters. The summed E-state index contributed by atoms with van der Waals surface area (Å²) in [4.78, 5) is 15.2. The molecule has 0 amide bonds. The van der Waals surface area contributed by atoms with E-state index in [1.807, 2.05) is 29.0 Å². The number of nitrogen functional groups attached to an aromatic ring is 1. The summed E-state index contributed by atoms with van der Waals surface area (Å²) in [6.45, 7) is 4.83. The van der Waals surface area contributed by atoms with Crippen molar-refractivity contribution in [2.24, 2.45) is 0 Å². The lowest BCUT2D eigenvalue weighted by Crippen LogP contribution is -2.16. The van der Waals surface area contributed by atoms with Crippen molar-refractivity contribution < 1.29 is 4.84 Å². The number of hydrogen-bond donors (Lipinski definition) is 1. The van der Waals surface area contributed by atoms with Crippen molar-refractivity contribution in [1.82, 2.24) is 14.7 Å². The zero-order chi connectivity index (χ0) is 16.2. The monoisotopic (exact) mass is 311 g/mol. The number of imidazole rings is 1. The van der Waals surface area contributed by atoms with Gasteiger partial charge in [-0.25, -0.2) is 9.97 Å². The summed E-state index contributed by atoms with van der Waals surface area (Å²) in [6.07, 6.45) is 6.11. The highest BCUT2D eigenvalue weighted by molar-refractivity contribution is 6.06. The molecule has 1 aromatic carbocycles. The van der Waals surface area contributed by atoms with Crippen molar-refractivity contribution in [3.63, 3.8) is 0 Å². The second kappa shape index (κ2) is 6.86. The van der Waals surface area contributed by atoms with E-state index in [2.05, 4.69) is 25.3 Å². The van der Waals surface area contributed by atoms with Crippen molar-refractivity contribution in [2.45, 2.75) is 39.5 Å². The lowest BCUT2D eigenvalue weighted by molar-refractivity contribution is 0.128. The van der Waals surface area contributed by atoms with Gasteiger partial charge in [-0.1, -0.05) is 38.5 Å². The van der Waals surface area contributed by atoms with Crippen LogP contribution < -0.4 is 10.6 Å². The molecule has 0 bridgehead atoms. The fraction of sp³-hybridized carbons (Fsp3) is 0.389. The maximum Gasteiger partial charge on any atom is 0.152 e. The largest absolute Gasteiger partial charge is 0.412 e. The Morgan fingerprint density at radius 3 is 2.83 bits per heavy atom. The molecule has 121 valence electrons. The van der Waals surface area contributed by atoms with Gasteiger partial charge < -0.3 is 10.6 Å². The number of nitrogens with two attached hydrogens (primary N) is 1. The van der Waals surface area contributed by atoms with E-state index < -0.39 is 0 Å². The zero-order valence-electron chi connectivity index (χ0n) is 13.7. The number of aryl methyl sites for hydroxylation is 1. The average Bonchev–Trinajstić information content (AvgIpc) is 2.93. The molecule has 2 aromatic heterocycles. The Balaban J connectivity index is 2.19. The number of rotatable bonds is 7. The van der Waals surface area contributed by atoms with Crippen molar-refractivity contribution in [3.05, 3.63) is 36.5 Å². The van der Waals surface area contributed by atoms with Gasteiger partial charge in [-0.15, -0.1) is 0 Å². The predicted octanol–water partition coefficient (Wildman–Crippen LogP) is 3.55. The highest BCUT2D eigenvalue weighted by Crippen LogP contribution is 2.28. The summed E-state index contributed by atoms with van der Waals surface area (Å²) in [6, 6.07) is 7.97. The zero-order valence-corrected chi connectivity index (χ0v) is 13.7. The second-order valence-corrected chi connectivity index (χ2v) is 5.63. The van der Waals surface area contributed by atoms with Crippen LogP contribution in [0.5, 0.6) is 0 Å². The van der Waals surface area contributed by atoms with Gasteiger partial charge in [0.2, 0.25) is 0 Å². The lowest BCUT2D eigenvalue weighted by Gasteiger charge is -2.11. The van der Waals surface area contributed by atoms with Gasteiger partial charge in [-0.2, -0.15) is 4.73 Å². The summed E-state index contributed by atoms with van der Waals surface area (Å²) in [5.74, 6) is 1.37. The summed E-state index contributed by atoms with van der Waals surface area (Å²) in [5, 5.41) is 1.02. The van der Waals surface area contributed by atoms with Crippen LogP contribution >= 0.6 is 0 Å². The fourth-order valence-corrected chi connectivity index (χ4v) is 2.70. The third-order valence-corrected chi connectivity index (χ3v) is 3.91. The summed E-state index contributed by atoms with van der Waals surface area (Å²) in [7, 11) is 0. The summed E-state index contributed by atoms with van der Waals surface area (Å²) < 4.78 is 1.86. The van der Waals surface area contributed by atoms with E-state index in [0.29, 0.717) is 12.4 Å². The first-order chi connectivity index (χ1) is 11.3. The molecule has 3 rings (SSSR count). The summed E-state index contributed by atoms with van der Waals surface area (Å²) in [5.41, 5.74) is 8.65. The Bertz CT molecular complexity index is 809. The first-order valence-electron chi connectivity index (χ1n) is 8.26. The maximum atomic E-state index is 6.14. The van der Waals surface area contributed by atoms with Crippen molar-refractivity contribution >= 4 is 27.8 Å². The van der Waals surface area contributed by atoms with Crippen molar-refractivity contribution in [3.8, 4) is 0 Å². The van der Waals surface area contributed by atoms with Crippen LogP contribution in [0.1, 0.15) is 38.9 Å². The lowest BCUT2D eigenvalue weighted by atomic mass is 10.2.